The SMILES string of the molecule is O=C(N/N=C\c1cccc(OCc2ccccc2)c1)c1ccccc1OCc1ccccc1. The van der Waals surface area contributed by atoms with Gasteiger partial charge in [0.05, 0.1) is 11.8 Å². The molecule has 4 rings (SSSR count). The Balaban J connectivity index is 1.34. The van der Waals surface area contributed by atoms with E-state index in [0.29, 0.717) is 24.5 Å². The summed E-state index contributed by atoms with van der Waals surface area (Å²) in [6, 6.07) is 34.4. The van der Waals surface area contributed by atoms with Crippen molar-refractivity contribution in [2.24, 2.45) is 5.10 Å². The molecule has 0 radical (unpaired) electrons. The van der Waals surface area contributed by atoms with E-state index >= 15 is 0 Å². The van der Waals surface area contributed by atoms with E-state index < -0.39 is 0 Å². The molecular weight excluding hydrogens is 412 g/mol. The topological polar surface area (TPSA) is 59.9 Å². The molecule has 0 bridgehead atoms. The number of hydrazone groups is 1. The number of hydrogen-bond donors (Lipinski definition) is 1. The Kier molecular flexibility index (Phi) is 7.48. The molecule has 0 aliphatic heterocycles. The van der Waals surface area contributed by atoms with Gasteiger partial charge in [-0.25, -0.2) is 5.43 Å². The first-order valence-corrected chi connectivity index (χ1v) is 10.6. The first-order valence-electron chi connectivity index (χ1n) is 10.6. The van der Waals surface area contributed by atoms with E-state index in [1.54, 1.807) is 24.4 Å². The van der Waals surface area contributed by atoms with Crippen LogP contribution in [0, 0.1) is 0 Å². The van der Waals surface area contributed by atoms with Crippen molar-refractivity contribution >= 4 is 12.1 Å². The monoisotopic (exact) mass is 436 g/mol. The molecule has 4 aromatic rings. The molecule has 0 saturated carbocycles. The lowest BCUT2D eigenvalue weighted by atomic mass is 10.2. The van der Waals surface area contributed by atoms with Crippen molar-refractivity contribution in [3.05, 3.63) is 131 Å². The number of ether oxygens (including phenoxy) is 2. The fourth-order valence-corrected chi connectivity index (χ4v) is 3.17. The minimum absolute atomic E-state index is 0.341. The number of hydrogen-bond acceptors (Lipinski definition) is 4. The number of carbonyl (C=O) groups excluding carboxylic acids is 1. The second-order valence-electron chi connectivity index (χ2n) is 7.32. The first kappa shape index (κ1) is 21.8. The predicted octanol–water partition coefficient (Wildman–Crippen LogP) is 5.61. The zero-order valence-electron chi connectivity index (χ0n) is 18.1. The first-order chi connectivity index (χ1) is 16.3. The molecule has 0 spiro atoms. The summed E-state index contributed by atoms with van der Waals surface area (Å²) in [6.45, 7) is 0.863. The molecule has 0 saturated heterocycles. The summed E-state index contributed by atoms with van der Waals surface area (Å²) in [5.74, 6) is 0.894. The molecule has 0 unspecified atom stereocenters. The fourth-order valence-electron chi connectivity index (χ4n) is 3.17. The molecule has 5 nitrogen and oxygen atoms in total. The number of amides is 1. The molecule has 0 atom stereocenters. The minimum atomic E-state index is -0.341. The summed E-state index contributed by atoms with van der Waals surface area (Å²) in [7, 11) is 0. The Hall–Kier alpha value is -4.38. The van der Waals surface area contributed by atoms with Crippen molar-refractivity contribution in [1.82, 2.24) is 5.43 Å². The third kappa shape index (κ3) is 6.55. The Morgan fingerprint density at radius 3 is 2.09 bits per heavy atom. The van der Waals surface area contributed by atoms with E-state index in [4.69, 9.17) is 9.47 Å². The van der Waals surface area contributed by atoms with Gasteiger partial charge in [0.1, 0.15) is 24.7 Å². The molecule has 0 heterocycles. The maximum Gasteiger partial charge on any atom is 0.275 e. The number of nitrogens with one attached hydrogen (secondary N) is 1. The number of nitrogens with zero attached hydrogens (tertiary/aromatic N) is 1. The van der Waals surface area contributed by atoms with Crippen LogP contribution in [0.3, 0.4) is 0 Å². The highest BCUT2D eigenvalue weighted by Crippen LogP contribution is 2.19. The largest absolute Gasteiger partial charge is 0.489 e. The van der Waals surface area contributed by atoms with E-state index in [1.807, 2.05) is 91.0 Å². The second-order valence-corrected chi connectivity index (χ2v) is 7.32. The van der Waals surface area contributed by atoms with Gasteiger partial charge in [-0.2, -0.15) is 5.10 Å². The third-order valence-corrected chi connectivity index (χ3v) is 4.85. The number of carbonyl (C=O) groups is 1. The van der Waals surface area contributed by atoms with Gasteiger partial charge >= 0.3 is 0 Å². The molecule has 1 amide bonds. The van der Waals surface area contributed by atoms with Gasteiger partial charge in [-0.05, 0) is 41.0 Å². The van der Waals surface area contributed by atoms with Gasteiger partial charge < -0.3 is 9.47 Å². The van der Waals surface area contributed by atoms with Gasteiger partial charge in [0.2, 0.25) is 0 Å². The number of rotatable bonds is 9. The van der Waals surface area contributed by atoms with Crippen LogP contribution in [0.25, 0.3) is 0 Å². The summed E-state index contributed by atoms with van der Waals surface area (Å²) < 4.78 is 11.7. The van der Waals surface area contributed by atoms with Gasteiger partial charge in [0, 0.05) is 0 Å². The van der Waals surface area contributed by atoms with E-state index in [-0.39, 0.29) is 5.91 Å². The van der Waals surface area contributed by atoms with Crippen LogP contribution >= 0.6 is 0 Å². The van der Waals surface area contributed by atoms with Crippen LogP contribution in [0.2, 0.25) is 0 Å². The van der Waals surface area contributed by atoms with Crippen molar-refractivity contribution in [3.63, 3.8) is 0 Å². The lowest BCUT2D eigenvalue weighted by molar-refractivity contribution is 0.0950. The molecule has 5 heteroatoms. The molecular formula is C28H24N2O3. The molecule has 164 valence electrons. The Bertz CT molecular complexity index is 1210. The predicted molar refractivity (Wildman–Crippen MR) is 129 cm³/mol. The summed E-state index contributed by atoms with van der Waals surface area (Å²) >= 11 is 0. The van der Waals surface area contributed by atoms with E-state index in [9.17, 15) is 4.79 Å². The third-order valence-electron chi connectivity index (χ3n) is 4.85. The highest BCUT2D eigenvalue weighted by Gasteiger charge is 2.11. The highest BCUT2D eigenvalue weighted by atomic mass is 16.5. The van der Waals surface area contributed by atoms with E-state index in [2.05, 4.69) is 10.5 Å². The normalized spacial score (nSPS) is 10.7. The fraction of sp³-hybridized carbons (Fsp3) is 0.0714. The summed E-state index contributed by atoms with van der Waals surface area (Å²) in [4.78, 5) is 12.7. The van der Waals surface area contributed by atoms with Crippen LogP contribution in [-0.4, -0.2) is 12.1 Å². The molecule has 0 aliphatic rings. The number of benzene rings is 4. The Morgan fingerprint density at radius 2 is 1.36 bits per heavy atom. The molecule has 33 heavy (non-hydrogen) atoms. The lowest BCUT2D eigenvalue weighted by Crippen LogP contribution is -2.18. The minimum Gasteiger partial charge on any atom is -0.489 e. The average molecular weight is 437 g/mol. The quantitative estimate of drug-likeness (QED) is 0.274. The molecule has 0 fully saturated rings. The lowest BCUT2D eigenvalue weighted by Gasteiger charge is -2.10. The zero-order valence-corrected chi connectivity index (χ0v) is 18.1. The van der Waals surface area contributed by atoms with Crippen LogP contribution in [-0.2, 0) is 13.2 Å². The van der Waals surface area contributed by atoms with Gasteiger partial charge in [-0.3, -0.25) is 4.79 Å². The van der Waals surface area contributed by atoms with Gasteiger partial charge in [-0.1, -0.05) is 84.9 Å². The highest BCUT2D eigenvalue weighted by molar-refractivity contribution is 5.97. The van der Waals surface area contributed by atoms with E-state index in [0.717, 1.165) is 22.4 Å². The van der Waals surface area contributed by atoms with Crippen LogP contribution < -0.4 is 14.9 Å². The van der Waals surface area contributed by atoms with E-state index in [1.165, 1.54) is 0 Å². The Labute approximate surface area is 193 Å². The van der Waals surface area contributed by atoms with Crippen molar-refractivity contribution in [2.75, 3.05) is 0 Å². The summed E-state index contributed by atoms with van der Waals surface area (Å²) in [6.07, 6.45) is 1.58. The second kappa shape index (κ2) is 11.3. The molecule has 1 N–H and O–H groups in total. The van der Waals surface area contributed by atoms with Crippen LogP contribution in [0.4, 0.5) is 0 Å². The molecule has 4 aromatic carbocycles. The average Bonchev–Trinajstić information content (AvgIpc) is 2.88. The van der Waals surface area contributed by atoms with Crippen molar-refractivity contribution < 1.29 is 14.3 Å². The standard InChI is InChI=1S/C28H24N2O3/c31-28(26-16-7-8-17-27(26)33-21-23-12-5-2-6-13-23)30-29-19-24-14-9-15-25(18-24)32-20-22-10-3-1-4-11-22/h1-19H,20-21H2,(H,30,31)/b29-19-. The zero-order chi connectivity index (χ0) is 22.7. The summed E-state index contributed by atoms with van der Waals surface area (Å²) in [5, 5.41) is 4.10. The maximum absolute atomic E-state index is 12.7. The number of para-hydroxylation sites is 1. The molecule has 0 aliphatic carbocycles. The van der Waals surface area contributed by atoms with Gasteiger partial charge in [0.25, 0.3) is 5.91 Å². The van der Waals surface area contributed by atoms with Crippen LogP contribution in [0.15, 0.2) is 114 Å². The molecule has 0 aromatic heterocycles. The van der Waals surface area contributed by atoms with Crippen molar-refractivity contribution in [2.45, 2.75) is 13.2 Å². The van der Waals surface area contributed by atoms with Crippen molar-refractivity contribution in [1.29, 1.82) is 0 Å². The Morgan fingerprint density at radius 1 is 0.727 bits per heavy atom. The van der Waals surface area contributed by atoms with Crippen LogP contribution in [0.1, 0.15) is 27.0 Å². The van der Waals surface area contributed by atoms with Gasteiger partial charge in [0.15, 0.2) is 0 Å². The summed E-state index contributed by atoms with van der Waals surface area (Å²) in [5.41, 5.74) is 5.93. The smallest absolute Gasteiger partial charge is 0.275 e. The van der Waals surface area contributed by atoms with Crippen molar-refractivity contribution in [3.8, 4) is 11.5 Å². The van der Waals surface area contributed by atoms with Crippen LogP contribution in [0.5, 0.6) is 11.5 Å². The van der Waals surface area contributed by atoms with Gasteiger partial charge in [-0.15, -0.1) is 0 Å². The maximum atomic E-state index is 12.7.